The van der Waals surface area contributed by atoms with Crippen LogP contribution in [0.4, 0.5) is 4.39 Å². The average molecular weight is 411 g/mol. The fourth-order valence-corrected chi connectivity index (χ4v) is 4.14. The molecule has 4 rings (SSSR count). The van der Waals surface area contributed by atoms with Crippen LogP contribution in [-0.4, -0.2) is 54.0 Å². The maximum atomic E-state index is 13.4. The van der Waals surface area contributed by atoms with Gasteiger partial charge in [0.1, 0.15) is 5.82 Å². The Morgan fingerprint density at radius 2 is 1.83 bits per heavy atom. The summed E-state index contributed by atoms with van der Waals surface area (Å²) in [6.07, 6.45) is 4.68. The van der Waals surface area contributed by atoms with Crippen molar-refractivity contribution in [2.45, 2.75) is 31.7 Å². The van der Waals surface area contributed by atoms with Crippen molar-refractivity contribution >= 4 is 11.8 Å². The number of pyridine rings is 1. The molecule has 1 aromatic heterocycles. The molecule has 2 heterocycles. The molecule has 0 atom stereocenters. The van der Waals surface area contributed by atoms with Crippen LogP contribution in [0, 0.1) is 11.7 Å². The Morgan fingerprint density at radius 1 is 1.07 bits per heavy atom. The molecule has 1 aliphatic heterocycles. The summed E-state index contributed by atoms with van der Waals surface area (Å²) in [6, 6.07) is 9.70. The fraction of sp³-hybridized carbons (Fsp3) is 0.435. The Balaban J connectivity index is 1.29. The van der Waals surface area contributed by atoms with E-state index >= 15 is 0 Å². The third-order valence-electron chi connectivity index (χ3n) is 5.88. The molecule has 7 heteroatoms. The highest BCUT2D eigenvalue weighted by Gasteiger charge is 2.30. The van der Waals surface area contributed by atoms with Crippen LogP contribution in [0.1, 0.15) is 36.0 Å². The molecular formula is C23H26FN3O3. The van der Waals surface area contributed by atoms with Crippen molar-refractivity contribution in [3.63, 3.8) is 0 Å². The van der Waals surface area contributed by atoms with E-state index in [1.807, 2.05) is 4.90 Å². The maximum Gasteiger partial charge on any atom is 0.253 e. The number of morpholine rings is 1. The van der Waals surface area contributed by atoms with E-state index in [1.54, 1.807) is 24.3 Å². The number of carbonyl (C=O) groups excluding carboxylic acids is 2. The van der Waals surface area contributed by atoms with Crippen LogP contribution < -0.4 is 5.32 Å². The summed E-state index contributed by atoms with van der Waals surface area (Å²) in [4.78, 5) is 31.4. The van der Waals surface area contributed by atoms with Crippen molar-refractivity contribution in [3.05, 3.63) is 54.0 Å². The lowest BCUT2D eigenvalue weighted by molar-refractivity contribution is -0.140. The molecule has 1 saturated carbocycles. The van der Waals surface area contributed by atoms with Gasteiger partial charge in [-0.2, -0.15) is 0 Å². The van der Waals surface area contributed by atoms with E-state index in [1.165, 1.54) is 18.3 Å². The lowest BCUT2D eigenvalue weighted by Gasteiger charge is -2.34. The van der Waals surface area contributed by atoms with Gasteiger partial charge >= 0.3 is 0 Å². The summed E-state index contributed by atoms with van der Waals surface area (Å²) in [5.74, 6) is -0.223. The number of ether oxygens (including phenoxy) is 1. The molecule has 0 radical (unpaired) electrons. The number of halogens is 1. The molecule has 1 aliphatic carbocycles. The zero-order valence-corrected chi connectivity index (χ0v) is 16.9. The number of amides is 2. The van der Waals surface area contributed by atoms with Crippen molar-refractivity contribution in [1.82, 2.24) is 15.2 Å². The summed E-state index contributed by atoms with van der Waals surface area (Å²) < 4.78 is 18.7. The van der Waals surface area contributed by atoms with Crippen LogP contribution in [0.15, 0.2) is 42.6 Å². The second kappa shape index (κ2) is 9.34. The third-order valence-corrected chi connectivity index (χ3v) is 5.88. The SMILES string of the molecule is O=C(N[C@H]1CC[C@@H](C(=O)N2CCOCC2)CC1)c1ccc(-c2cccc(F)c2)nc1. The third kappa shape index (κ3) is 4.84. The van der Waals surface area contributed by atoms with Crippen LogP contribution in [0.3, 0.4) is 0 Å². The first-order chi connectivity index (χ1) is 14.6. The molecule has 30 heavy (non-hydrogen) atoms. The van der Waals surface area contributed by atoms with Gasteiger partial charge < -0.3 is 15.0 Å². The molecule has 0 spiro atoms. The Bertz CT molecular complexity index is 889. The zero-order valence-electron chi connectivity index (χ0n) is 16.9. The summed E-state index contributed by atoms with van der Waals surface area (Å²) >= 11 is 0. The van der Waals surface area contributed by atoms with Gasteiger partial charge in [-0.15, -0.1) is 0 Å². The standard InChI is InChI=1S/C23H26FN3O3/c24-19-3-1-2-17(14-19)21-9-6-18(15-25-21)22(28)26-20-7-4-16(5-8-20)23(29)27-10-12-30-13-11-27/h1-3,6,9,14-16,20H,4-5,7-8,10-13H2,(H,26,28)/t16-,20+. The van der Waals surface area contributed by atoms with Crippen LogP contribution in [0.25, 0.3) is 11.3 Å². The predicted molar refractivity (Wildman–Crippen MR) is 110 cm³/mol. The second-order valence-corrected chi connectivity index (χ2v) is 7.90. The van der Waals surface area contributed by atoms with E-state index in [-0.39, 0.29) is 29.6 Å². The van der Waals surface area contributed by atoms with E-state index in [4.69, 9.17) is 4.74 Å². The van der Waals surface area contributed by atoms with E-state index in [0.29, 0.717) is 43.1 Å². The van der Waals surface area contributed by atoms with Gasteiger partial charge in [-0.1, -0.05) is 12.1 Å². The molecule has 2 fully saturated rings. The van der Waals surface area contributed by atoms with Crippen molar-refractivity contribution in [1.29, 1.82) is 0 Å². The van der Waals surface area contributed by atoms with Gasteiger partial charge in [0.25, 0.3) is 5.91 Å². The van der Waals surface area contributed by atoms with Gasteiger partial charge in [-0.3, -0.25) is 14.6 Å². The number of hydrogen-bond donors (Lipinski definition) is 1. The number of rotatable bonds is 4. The molecule has 2 aliphatic rings. The maximum absolute atomic E-state index is 13.4. The summed E-state index contributed by atoms with van der Waals surface area (Å²) in [6.45, 7) is 2.58. The lowest BCUT2D eigenvalue weighted by atomic mass is 9.85. The van der Waals surface area contributed by atoms with Gasteiger partial charge in [0, 0.05) is 36.8 Å². The van der Waals surface area contributed by atoms with E-state index in [2.05, 4.69) is 10.3 Å². The van der Waals surface area contributed by atoms with Gasteiger partial charge in [-0.25, -0.2) is 4.39 Å². The minimum Gasteiger partial charge on any atom is -0.378 e. The van der Waals surface area contributed by atoms with Crippen molar-refractivity contribution in [2.24, 2.45) is 5.92 Å². The van der Waals surface area contributed by atoms with Gasteiger partial charge in [0.05, 0.1) is 24.5 Å². The monoisotopic (exact) mass is 411 g/mol. The van der Waals surface area contributed by atoms with Crippen molar-refractivity contribution in [2.75, 3.05) is 26.3 Å². The molecule has 158 valence electrons. The first kappa shape index (κ1) is 20.5. The molecule has 0 bridgehead atoms. The largest absolute Gasteiger partial charge is 0.378 e. The number of benzene rings is 1. The Hall–Kier alpha value is -2.80. The van der Waals surface area contributed by atoms with Crippen molar-refractivity contribution in [3.8, 4) is 11.3 Å². The number of carbonyl (C=O) groups is 2. The molecule has 1 saturated heterocycles. The second-order valence-electron chi connectivity index (χ2n) is 7.90. The van der Waals surface area contributed by atoms with E-state index < -0.39 is 0 Å². The predicted octanol–water partition coefficient (Wildman–Crippen LogP) is 3.04. The highest BCUT2D eigenvalue weighted by atomic mass is 19.1. The number of hydrogen-bond acceptors (Lipinski definition) is 4. The lowest BCUT2D eigenvalue weighted by Crippen LogP contribution is -2.46. The first-order valence-electron chi connectivity index (χ1n) is 10.5. The van der Waals surface area contributed by atoms with E-state index in [9.17, 15) is 14.0 Å². The summed E-state index contributed by atoms with van der Waals surface area (Å²) in [5, 5.41) is 3.06. The molecule has 6 nitrogen and oxygen atoms in total. The quantitative estimate of drug-likeness (QED) is 0.840. The average Bonchev–Trinajstić information content (AvgIpc) is 2.80. The molecule has 0 unspecified atom stereocenters. The molecular weight excluding hydrogens is 385 g/mol. The minimum absolute atomic E-state index is 0.0449. The normalized spacial score (nSPS) is 21.8. The Kier molecular flexibility index (Phi) is 6.38. The van der Waals surface area contributed by atoms with Gasteiger partial charge in [0.15, 0.2) is 0 Å². The minimum atomic E-state index is -0.321. The van der Waals surface area contributed by atoms with Crippen LogP contribution in [0.2, 0.25) is 0 Å². The highest BCUT2D eigenvalue weighted by Crippen LogP contribution is 2.27. The number of nitrogens with zero attached hydrogens (tertiary/aromatic N) is 2. The molecule has 2 aromatic rings. The Labute approximate surface area is 175 Å². The molecule has 2 amide bonds. The molecule has 1 N–H and O–H groups in total. The summed E-state index contributed by atoms with van der Waals surface area (Å²) in [5.41, 5.74) is 1.76. The van der Waals surface area contributed by atoms with Gasteiger partial charge in [-0.05, 0) is 49.9 Å². The van der Waals surface area contributed by atoms with Crippen LogP contribution in [0.5, 0.6) is 0 Å². The highest BCUT2D eigenvalue weighted by molar-refractivity contribution is 5.94. The number of aromatic nitrogens is 1. The van der Waals surface area contributed by atoms with Gasteiger partial charge in [0.2, 0.25) is 5.91 Å². The fourth-order valence-electron chi connectivity index (χ4n) is 4.14. The van der Waals surface area contributed by atoms with Crippen molar-refractivity contribution < 1.29 is 18.7 Å². The molecule has 1 aromatic carbocycles. The Morgan fingerprint density at radius 3 is 2.50 bits per heavy atom. The number of nitrogens with one attached hydrogen (secondary N) is 1. The smallest absolute Gasteiger partial charge is 0.253 e. The van der Waals surface area contributed by atoms with Crippen LogP contribution in [-0.2, 0) is 9.53 Å². The zero-order chi connectivity index (χ0) is 20.9. The summed E-state index contributed by atoms with van der Waals surface area (Å²) in [7, 11) is 0. The first-order valence-corrected chi connectivity index (χ1v) is 10.5. The van der Waals surface area contributed by atoms with Crippen LogP contribution >= 0.6 is 0 Å². The topological polar surface area (TPSA) is 71.5 Å². The van der Waals surface area contributed by atoms with E-state index in [0.717, 1.165) is 25.7 Å².